The summed E-state index contributed by atoms with van der Waals surface area (Å²) in [5.41, 5.74) is 12.9. The summed E-state index contributed by atoms with van der Waals surface area (Å²) < 4.78 is 5.69. The summed E-state index contributed by atoms with van der Waals surface area (Å²) in [5, 5.41) is 0. The second kappa shape index (κ2) is 6.63. The van der Waals surface area contributed by atoms with Gasteiger partial charge in [0.25, 0.3) is 0 Å². The number of piperazine rings is 1. The normalized spacial score (nSPS) is 17.5. The van der Waals surface area contributed by atoms with E-state index in [1.807, 2.05) is 0 Å². The van der Waals surface area contributed by atoms with Gasteiger partial charge in [-0.1, -0.05) is 0 Å². The minimum absolute atomic E-state index is 0.650. The molecule has 0 saturated carbocycles. The first kappa shape index (κ1) is 14.0. The molecule has 0 aliphatic carbocycles. The van der Waals surface area contributed by atoms with E-state index in [4.69, 9.17) is 16.2 Å². The molecule has 0 bridgehead atoms. The molecular formula is C14H25N4O+. The molecule has 0 atom stereocenters. The summed E-state index contributed by atoms with van der Waals surface area (Å²) in [6.07, 6.45) is 1.02. The molecule has 5 N–H and O–H groups in total. The third-order valence-electron chi connectivity index (χ3n) is 3.62. The second-order valence-electron chi connectivity index (χ2n) is 5.30. The van der Waals surface area contributed by atoms with Crippen molar-refractivity contribution in [2.75, 3.05) is 57.8 Å². The number of benzene rings is 1. The molecule has 2 rings (SSSR count). The predicted octanol–water partition coefficient (Wildman–Crippen LogP) is -0.550. The molecule has 19 heavy (non-hydrogen) atoms. The summed E-state index contributed by atoms with van der Waals surface area (Å²) in [6, 6.07) is 5.36. The van der Waals surface area contributed by atoms with Crippen molar-refractivity contribution >= 4 is 11.4 Å². The van der Waals surface area contributed by atoms with E-state index in [2.05, 4.69) is 11.9 Å². The van der Waals surface area contributed by atoms with Gasteiger partial charge in [0.1, 0.15) is 5.75 Å². The Hall–Kier alpha value is -1.46. The molecule has 0 amide bonds. The van der Waals surface area contributed by atoms with E-state index < -0.39 is 0 Å². The molecule has 1 aromatic rings. The molecule has 106 valence electrons. The van der Waals surface area contributed by atoms with Crippen LogP contribution in [-0.4, -0.2) is 51.3 Å². The molecule has 1 aliphatic heterocycles. The number of nitrogens with one attached hydrogen (secondary N) is 1. The lowest BCUT2D eigenvalue weighted by Gasteiger charge is -2.29. The van der Waals surface area contributed by atoms with Gasteiger partial charge in [-0.2, -0.15) is 0 Å². The monoisotopic (exact) mass is 265 g/mol. The van der Waals surface area contributed by atoms with Gasteiger partial charge in [-0.15, -0.1) is 0 Å². The van der Waals surface area contributed by atoms with Gasteiger partial charge in [0.05, 0.1) is 32.4 Å². The SMILES string of the molecule is C[NH+]1CCN(CCCOc2cc(N)ccc2N)CC1. The minimum atomic E-state index is 0.650. The van der Waals surface area contributed by atoms with Crippen LogP contribution in [0.5, 0.6) is 5.75 Å². The zero-order valence-electron chi connectivity index (χ0n) is 11.7. The fourth-order valence-corrected chi connectivity index (χ4v) is 2.30. The number of rotatable bonds is 5. The van der Waals surface area contributed by atoms with Crippen LogP contribution in [0.3, 0.4) is 0 Å². The molecule has 1 aliphatic rings. The summed E-state index contributed by atoms with van der Waals surface area (Å²) in [5.74, 6) is 0.697. The molecular weight excluding hydrogens is 240 g/mol. The third kappa shape index (κ3) is 4.29. The first-order valence-corrected chi connectivity index (χ1v) is 6.96. The van der Waals surface area contributed by atoms with Crippen LogP contribution in [0.2, 0.25) is 0 Å². The third-order valence-corrected chi connectivity index (χ3v) is 3.62. The number of anilines is 2. The number of quaternary nitrogens is 1. The van der Waals surface area contributed by atoms with Gasteiger partial charge in [-0.3, -0.25) is 4.90 Å². The maximum Gasteiger partial charge on any atom is 0.144 e. The molecule has 5 nitrogen and oxygen atoms in total. The Morgan fingerprint density at radius 1 is 1.26 bits per heavy atom. The zero-order valence-corrected chi connectivity index (χ0v) is 11.7. The van der Waals surface area contributed by atoms with Crippen LogP contribution in [0.25, 0.3) is 0 Å². The maximum absolute atomic E-state index is 5.84. The van der Waals surface area contributed by atoms with E-state index in [0.717, 1.165) is 13.0 Å². The van der Waals surface area contributed by atoms with E-state index in [0.29, 0.717) is 23.7 Å². The van der Waals surface area contributed by atoms with Crippen LogP contribution in [0.15, 0.2) is 18.2 Å². The van der Waals surface area contributed by atoms with Crippen LogP contribution >= 0.6 is 0 Å². The molecule has 1 saturated heterocycles. The Bertz CT molecular complexity index is 402. The predicted molar refractivity (Wildman–Crippen MR) is 78.4 cm³/mol. The number of hydrogen-bond donors (Lipinski definition) is 3. The quantitative estimate of drug-likeness (QED) is 0.494. The number of nitrogen functional groups attached to an aromatic ring is 2. The van der Waals surface area contributed by atoms with E-state index >= 15 is 0 Å². The highest BCUT2D eigenvalue weighted by molar-refractivity contribution is 5.59. The lowest BCUT2D eigenvalue weighted by molar-refractivity contribution is -0.884. The van der Waals surface area contributed by atoms with Gasteiger partial charge < -0.3 is 21.1 Å². The highest BCUT2D eigenvalue weighted by atomic mass is 16.5. The van der Waals surface area contributed by atoms with Crippen molar-refractivity contribution in [3.63, 3.8) is 0 Å². The van der Waals surface area contributed by atoms with Gasteiger partial charge in [0.15, 0.2) is 0 Å². The van der Waals surface area contributed by atoms with Crippen molar-refractivity contribution in [1.82, 2.24) is 4.90 Å². The standard InChI is InChI=1S/C14H24N4O/c1-17-6-8-18(9-7-17)5-2-10-19-14-11-12(15)3-4-13(14)16/h3-4,11H,2,5-10,15-16H2,1H3/p+1. The molecule has 0 spiro atoms. The number of nitrogens with zero attached hydrogens (tertiary/aromatic N) is 1. The van der Waals surface area contributed by atoms with Crippen LogP contribution < -0.4 is 21.1 Å². The summed E-state index contributed by atoms with van der Waals surface area (Å²) in [7, 11) is 2.25. The van der Waals surface area contributed by atoms with Crippen molar-refractivity contribution < 1.29 is 9.64 Å². The second-order valence-corrected chi connectivity index (χ2v) is 5.30. The van der Waals surface area contributed by atoms with Crippen molar-refractivity contribution in [3.8, 4) is 5.75 Å². The van der Waals surface area contributed by atoms with E-state index in [1.165, 1.54) is 26.2 Å². The molecule has 0 radical (unpaired) electrons. The Kier molecular flexibility index (Phi) is 4.87. The van der Waals surface area contributed by atoms with Gasteiger partial charge >= 0.3 is 0 Å². The van der Waals surface area contributed by atoms with E-state index in [-0.39, 0.29) is 0 Å². The highest BCUT2D eigenvalue weighted by Crippen LogP contribution is 2.23. The van der Waals surface area contributed by atoms with Gasteiger partial charge in [-0.05, 0) is 18.6 Å². The number of hydrogen-bond acceptors (Lipinski definition) is 4. The topological polar surface area (TPSA) is 69.0 Å². The van der Waals surface area contributed by atoms with Gasteiger partial charge in [0.2, 0.25) is 0 Å². The van der Waals surface area contributed by atoms with Crippen LogP contribution in [0, 0.1) is 0 Å². The van der Waals surface area contributed by atoms with Crippen molar-refractivity contribution in [1.29, 1.82) is 0 Å². The van der Waals surface area contributed by atoms with Crippen molar-refractivity contribution in [3.05, 3.63) is 18.2 Å². The average Bonchev–Trinajstić information content (AvgIpc) is 2.40. The smallest absolute Gasteiger partial charge is 0.144 e. The van der Waals surface area contributed by atoms with Crippen LogP contribution in [0.1, 0.15) is 6.42 Å². The Balaban J connectivity index is 1.68. The highest BCUT2D eigenvalue weighted by Gasteiger charge is 2.15. The Labute approximate surface area is 115 Å². The van der Waals surface area contributed by atoms with Crippen LogP contribution in [-0.2, 0) is 0 Å². The Morgan fingerprint density at radius 2 is 2.00 bits per heavy atom. The molecule has 1 aromatic carbocycles. The number of ether oxygens (including phenoxy) is 1. The first-order valence-electron chi connectivity index (χ1n) is 6.96. The fourth-order valence-electron chi connectivity index (χ4n) is 2.30. The van der Waals surface area contributed by atoms with Gasteiger partial charge in [0, 0.05) is 31.4 Å². The van der Waals surface area contributed by atoms with Gasteiger partial charge in [-0.25, -0.2) is 0 Å². The zero-order chi connectivity index (χ0) is 13.7. The largest absolute Gasteiger partial charge is 0.491 e. The first-order chi connectivity index (χ1) is 9.15. The minimum Gasteiger partial charge on any atom is -0.491 e. The summed E-state index contributed by atoms with van der Waals surface area (Å²) in [6.45, 7) is 6.63. The fraction of sp³-hybridized carbons (Fsp3) is 0.571. The van der Waals surface area contributed by atoms with Crippen molar-refractivity contribution in [2.45, 2.75) is 6.42 Å². The lowest BCUT2D eigenvalue weighted by Crippen LogP contribution is -3.11. The summed E-state index contributed by atoms with van der Waals surface area (Å²) in [4.78, 5) is 4.12. The lowest BCUT2D eigenvalue weighted by atomic mass is 10.2. The molecule has 0 aromatic heterocycles. The molecule has 1 fully saturated rings. The molecule has 1 heterocycles. The Morgan fingerprint density at radius 3 is 2.74 bits per heavy atom. The van der Waals surface area contributed by atoms with Crippen LogP contribution in [0.4, 0.5) is 11.4 Å². The van der Waals surface area contributed by atoms with Crippen molar-refractivity contribution in [2.24, 2.45) is 0 Å². The van der Waals surface area contributed by atoms with E-state index in [1.54, 1.807) is 23.1 Å². The number of nitrogens with two attached hydrogens (primary N) is 2. The maximum atomic E-state index is 5.84. The molecule has 5 heteroatoms. The van der Waals surface area contributed by atoms with E-state index in [9.17, 15) is 0 Å². The molecule has 0 unspecified atom stereocenters. The average molecular weight is 265 g/mol. The summed E-state index contributed by atoms with van der Waals surface area (Å²) >= 11 is 0. The number of likely N-dealkylation sites (N-methyl/N-ethyl adjacent to an activating group) is 1.